The molecule has 0 unspecified atom stereocenters. The second-order valence-electron chi connectivity index (χ2n) is 11.2. The van der Waals surface area contributed by atoms with Gasteiger partial charge >= 0.3 is 6.18 Å². The maximum Gasteiger partial charge on any atom is 0.416 e. The number of hydrogen-bond donors (Lipinski definition) is 2. The highest BCUT2D eigenvalue weighted by Gasteiger charge is 2.30. The molecule has 0 radical (unpaired) electrons. The van der Waals surface area contributed by atoms with Crippen molar-refractivity contribution in [2.75, 3.05) is 11.9 Å². The summed E-state index contributed by atoms with van der Waals surface area (Å²) in [5.74, 6) is -0.492. The number of fused-ring (bicyclic) bond motifs is 1. The largest absolute Gasteiger partial charge is 0.416 e. The number of alkyl halides is 3. The minimum absolute atomic E-state index is 0.223. The van der Waals surface area contributed by atoms with Gasteiger partial charge in [-0.2, -0.15) is 13.2 Å². The summed E-state index contributed by atoms with van der Waals surface area (Å²) in [4.78, 5) is 31.3. The third-order valence-corrected chi connectivity index (χ3v) is 8.26. The van der Waals surface area contributed by atoms with Crippen molar-refractivity contribution in [1.82, 2.24) is 10.3 Å². The van der Waals surface area contributed by atoms with Crippen molar-refractivity contribution in [3.05, 3.63) is 166 Å². The first-order valence-electron chi connectivity index (χ1n) is 15.3. The molecule has 0 aliphatic rings. The average Bonchev–Trinajstić information content (AvgIpc) is 3.11. The average molecular weight is 680 g/mol. The Hall–Kier alpha value is -5.51. The van der Waals surface area contributed by atoms with E-state index in [2.05, 4.69) is 15.6 Å². The van der Waals surface area contributed by atoms with Crippen LogP contribution in [0.15, 0.2) is 133 Å². The lowest BCUT2D eigenvalue weighted by atomic mass is 9.98. The summed E-state index contributed by atoms with van der Waals surface area (Å²) in [5.41, 5.74) is 3.16. The molecule has 0 bridgehead atoms. The van der Waals surface area contributed by atoms with Gasteiger partial charge in [-0.25, -0.2) is 4.98 Å². The lowest BCUT2D eigenvalue weighted by molar-refractivity contribution is -0.137. The van der Waals surface area contributed by atoms with Crippen LogP contribution in [0.4, 0.5) is 19.0 Å². The molecule has 2 N–H and O–H groups in total. The molecule has 6 aromatic rings. The fourth-order valence-electron chi connectivity index (χ4n) is 5.34. The number of amides is 2. The van der Waals surface area contributed by atoms with Crippen molar-refractivity contribution in [3.63, 3.8) is 0 Å². The summed E-state index contributed by atoms with van der Waals surface area (Å²) in [6, 6.07) is 36.3. The summed E-state index contributed by atoms with van der Waals surface area (Å²) in [6.07, 6.45) is -4.46. The fraction of sp³-hybridized carbons (Fsp3) is 0.103. The Bertz CT molecular complexity index is 2110. The van der Waals surface area contributed by atoms with E-state index >= 15 is 0 Å². The molecule has 6 nitrogen and oxygen atoms in total. The summed E-state index contributed by atoms with van der Waals surface area (Å²) < 4.78 is 45.1. The van der Waals surface area contributed by atoms with Crippen LogP contribution in [-0.4, -0.2) is 23.4 Å². The maximum atomic E-state index is 13.4. The van der Waals surface area contributed by atoms with Gasteiger partial charge in [0.05, 0.1) is 30.3 Å². The van der Waals surface area contributed by atoms with Gasteiger partial charge in [-0.05, 0) is 76.9 Å². The third kappa shape index (κ3) is 8.14. The molecular weight excluding hydrogens is 651 g/mol. The molecule has 10 heteroatoms. The van der Waals surface area contributed by atoms with Crippen LogP contribution in [0.1, 0.15) is 43.4 Å². The number of rotatable bonds is 10. The van der Waals surface area contributed by atoms with E-state index in [0.29, 0.717) is 39.2 Å². The molecule has 1 heterocycles. The Morgan fingerprint density at radius 3 is 2.24 bits per heavy atom. The number of pyridine rings is 1. The number of nitrogens with zero attached hydrogens (tertiary/aromatic N) is 1. The Balaban J connectivity index is 1.15. The van der Waals surface area contributed by atoms with Crippen molar-refractivity contribution in [1.29, 1.82) is 0 Å². The van der Waals surface area contributed by atoms with E-state index in [-0.39, 0.29) is 23.9 Å². The van der Waals surface area contributed by atoms with Gasteiger partial charge in [0, 0.05) is 21.5 Å². The monoisotopic (exact) mass is 679 g/mol. The van der Waals surface area contributed by atoms with Gasteiger partial charge in [-0.15, -0.1) is 0 Å². The fourth-order valence-corrected chi connectivity index (χ4v) is 5.53. The molecular formula is C39H29ClF3N3O3. The standard InChI is InChI=1S/C39H29ClF3N3O3/c40-33-13-7-4-10-29(33)23-49-24-35(26-8-2-1-3-9-26)45-37(47)28-16-20-34-27(22-28)17-21-36(44-34)46-38(48)32-12-6-5-11-31(32)25-14-18-30(19-15-25)39(41,42)43/h1-22,35H,23-24H2,(H,45,47)(H,44,46,48)/t35-/m1/s1. The van der Waals surface area contributed by atoms with Crippen LogP contribution in [-0.2, 0) is 17.5 Å². The topological polar surface area (TPSA) is 80.3 Å². The first kappa shape index (κ1) is 33.4. The number of aromatic nitrogens is 1. The van der Waals surface area contributed by atoms with Crippen LogP contribution in [0.2, 0.25) is 5.02 Å². The number of ether oxygens (including phenoxy) is 1. The second kappa shape index (κ2) is 14.7. The van der Waals surface area contributed by atoms with E-state index in [1.54, 1.807) is 60.7 Å². The lowest BCUT2D eigenvalue weighted by Crippen LogP contribution is -2.31. The molecule has 0 spiro atoms. The number of anilines is 1. The number of nitrogens with one attached hydrogen (secondary N) is 2. The zero-order chi connectivity index (χ0) is 34.4. The van der Waals surface area contributed by atoms with Gasteiger partial charge in [-0.1, -0.05) is 90.5 Å². The minimum atomic E-state index is -4.46. The van der Waals surface area contributed by atoms with E-state index in [1.165, 1.54) is 12.1 Å². The molecule has 0 aliphatic carbocycles. The predicted molar refractivity (Wildman–Crippen MR) is 184 cm³/mol. The van der Waals surface area contributed by atoms with Crippen molar-refractivity contribution < 1.29 is 27.5 Å². The quantitative estimate of drug-likeness (QED) is 0.151. The molecule has 6 rings (SSSR count). The summed E-state index contributed by atoms with van der Waals surface area (Å²) in [7, 11) is 0. The Morgan fingerprint density at radius 1 is 0.776 bits per heavy atom. The minimum Gasteiger partial charge on any atom is -0.374 e. The Labute approximate surface area is 285 Å². The highest BCUT2D eigenvalue weighted by molar-refractivity contribution is 6.31. The first-order chi connectivity index (χ1) is 23.7. The smallest absolute Gasteiger partial charge is 0.374 e. The van der Waals surface area contributed by atoms with E-state index in [4.69, 9.17) is 16.3 Å². The van der Waals surface area contributed by atoms with Crippen LogP contribution in [0.5, 0.6) is 0 Å². The van der Waals surface area contributed by atoms with Crippen molar-refractivity contribution in [2.24, 2.45) is 0 Å². The zero-order valence-electron chi connectivity index (χ0n) is 25.9. The van der Waals surface area contributed by atoms with E-state index in [9.17, 15) is 22.8 Å². The molecule has 2 amide bonds. The van der Waals surface area contributed by atoms with Crippen LogP contribution in [0, 0.1) is 0 Å². The van der Waals surface area contributed by atoms with Crippen LogP contribution in [0.3, 0.4) is 0 Å². The van der Waals surface area contributed by atoms with Gasteiger partial charge in [0.15, 0.2) is 0 Å². The van der Waals surface area contributed by atoms with Crippen molar-refractivity contribution in [2.45, 2.75) is 18.8 Å². The Morgan fingerprint density at radius 2 is 1.49 bits per heavy atom. The van der Waals surface area contributed by atoms with E-state index in [0.717, 1.165) is 23.3 Å². The Kier molecular flexibility index (Phi) is 10.0. The molecule has 5 aromatic carbocycles. The van der Waals surface area contributed by atoms with Gasteiger partial charge in [0.2, 0.25) is 0 Å². The summed E-state index contributed by atoms with van der Waals surface area (Å²) >= 11 is 6.27. The number of hydrogen-bond acceptors (Lipinski definition) is 4. The van der Waals surface area contributed by atoms with Crippen LogP contribution >= 0.6 is 11.6 Å². The van der Waals surface area contributed by atoms with Gasteiger partial charge in [0.25, 0.3) is 11.8 Å². The maximum absolute atomic E-state index is 13.4. The normalized spacial score (nSPS) is 12.0. The van der Waals surface area contributed by atoms with Gasteiger partial charge in [-0.3, -0.25) is 9.59 Å². The van der Waals surface area contributed by atoms with Crippen LogP contribution in [0.25, 0.3) is 22.0 Å². The summed E-state index contributed by atoms with van der Waals surface area (Å²) in [6.45, 7) is 0.515. The molecule has 246 valence electrons. The van der Waals surface area contributed by atoms with Crippen LogP contribution < -0.4 is 10.6 Å². The third-order valence-electron chi connectivity index (χ3n) is 7.90. The van der Waals surface area contributed by atoms with E-state index < -0.39 is 23.7 Å². The highest BCUT2D eigenvalue weighted by Crippen LogP contribution is 2.32. The van der Waals surface area contributed by atoms with E-state index in [1.807, 2.05) is 48.5 Å². The molecule has 0 fully saturated rings. The first-order valence-corrected chi connectivity index (χ1v) is 15.7. The summed E-state index contributed by atoms with van der Waals surface area (Å²) in [5, 5.41) is 7.14. The zero-order valence-corrected chi connectivity index (χ0v) is 26.6. The molecule has 0 saturated carbocycles. The number of carbonyl (C=O) groups is 2. The molecule has 0 saturated heterocycles. The number of halogens is 4. The molecule has 0 aliphatic heterocycles. The second-order valence-corrected chi connectivity index (χ2v) is 11.6. The predicted octanol–water partition coefficient (Wildman–Crippen LogP) is 9.51. The molecule has 1 aromatic heterocycles. The SMILES string of the molecule is O=C(N[C@H](COCc1ccccc1Cl)c1ccccc1)c1ccc2nc(NC(=O)c3ccccc3-c3ccc(C(F)(F)F)cc3)ccc2c1. The number of benzene rings is 5. The molecule has 49 heavy (non-hydrogen) atoms. The van der Waals surface area contributed by atoms with Gasteiger partial charge in [0.1, 0.15) is 5.82 Å². The van der Waals surface area contributed by atoms with Crippen molar-refractivity contribution >= 4 is 40.1 Å². The lowest BCUT2D eigenvalue weighted by Gasteiger charge is -2.20. The number of carbonyl (C=O) groups excluding carboxylic acids is 2. The molecule has 1 atom stereocenters. The highest BCUT2D eigenvalue weighted by atomic mass is 35.5. The van der Waals surface area contributed by atoms with Crippen molar-refractivity contribution in [3.8, 4) is 11.1 Å². The van der Waals surface area contributed by atoms with Gasteiger partial charge < -0.3 is 15.4 Å².